The topological polar surface area (TPSA) is 69.8 Å². The summed E-state index contributed by atoms with van der Waals surface area (Å²) in [6.45, 7) is 6.84. The molecular formula is C19H25N3O3S. The number of morpholine rings is 1. The number of hydrogen-bond acceptors (Lipinski definition) is 7. The lowest BCUT2D eigenvalue weighted by Gasteiger charge is -2.30. The maximum atomic E-state index is 6.31. The molecular weight excluding hydrogens is 350 g/mol. The van der Waals surface area contributed by atoms with E-state index in [4.69, 9.17) is 19.9 Å². The fourth-order valence-corrected chi connectivity index (χ4v) is 4.28. The molecule has 4 rings (SSSR count). The average molecular weight is 375 g/mol. The standard InChI is InChI=1S/C19H25N3O3S/c1-13-18(26-19(20)21-13)14-10-15(22-4-8-24-9-5-22)12-17(11-14)25-16-2-6-23-7-3-16/h10-12,16H,2-9H2,1H3,(H2,20,21). The molecule has 0 bridgehead atoms. The number of nitrogen functional groups attached to an aromatic ring is 1. The van der Waals surface area contributed by atoms with Crippen LogP contribution in [0.1, 0.15) is 18.5 Å². The zero-order valence-electron chi connectivity index (χ0n) is 15.1. The molecule has 0 spiro atoms. The van der Waals surface area contributed by atoms with Gasteiger partial charge in [0, 0.05) is 37.7 Å². The number of hydrogen-bond donors (Lipinski definition) is 1. The Labute approximate surface area is 157 Å². The first kappa shape index (κ1) is 17.6. The maximum Gasteiger partial charge on any atom is 0.180 e. The summed E-state index contributed by atoms with van der Waals surface area (Å²) in [5.74, 6) is 0.905. The van der Waals surface area contributed by atoms with E-state index in [9.17, 15) is 0 Å². The van der Waals surface area contributed by atoms with E-state index in [1.54, 1.807) is 0 Å². The first-order valence-electron chi connectivity index (χ1n) is 9.14. The van der Waals surface area contributed by atoms with Crippen LogP contribution in [0, 0.1) is 6.92 Å². The number of nitrogens with two attached hydrogens (primary N) is 1. The van der Waals surface area contributed by atoms with E-state index in [0.717, 1.165) is 74.2 Å². The fraction of sp³-hybridized carbons (Fsp3) is 0.526. The summed E-state index contributed by atoms with van der Waals surface area (Å²) in [7, 11) is 0. The van der Waals surface area contributed by atoms with Gasteiger partial charge in [-0.2, -0.15) is 0 Å². The van der Waals surface area contributed by atoms with Gasteiger partial charge in [-0.25, -0.2) is 4.98 Å². The van der Waals surface area contributed by atoms with E-state index in [0.29, 0.717) is 5.13 Å². The molecule has 0 amide bonds. The van der Waals surface area contributed by atoms with Crippen LogP contribution < -0.4 is 15.4 Å². The molecule has 2 fully saturated rings. The van der Waals surface area contributed by atoms with Gasteiger partial charge < -0.3 is 24.8 Å². The van der Waals surface area contributed by atoms with Crippen LogP contribution in [0.3, 0.4) is 0 Å². The Morgan fingerprint density at radius 3 is 2.54 bits per heavy atom. The second kappa shape index (κ2) is 7.82. The molecule has 0 saturated carbocycles. The molecule has 0 aliphatic carbocycles. The first-order chi connectivity index (χ1) is 12.7. The van der Waals surface area contributed by atoms with Gasteiger partial charge in [-0.3, -0.25) is 0 Å². The summed E-state index contributed by atoms with van der Waals surface area (Å²) in [5.41, 5.74) is 9.16. The normalized spacial score (nSPS) is 18.9. The highest BCUT2D eigenvalue weighted by Crippen LogP contribution is 2.37. The second-order valence-corrected chi connectivity index (χ2v) is 7.74. The molecule has 2 N–H and O–H groups in total. The van der Waals surface area contributed by atoms with Crippen LogP contribution in [-0.2, 0) is 9.47 Å². The van der Waals surface area contributed by atoms with Crippen molar-refractivity contribution in [2.24, 2.45) is 0 Å². The summed E-state index contributed by atoms with van der Waals surface area (Å²) in [5, 5.41) is 0.598. The Morgan fingerprint density at radius 1 is 1.12 bits per heavy atom. The molecule has 2 aliphatic heterocycles. The van der Waals surface area contributed by atoms with Crippen LogP contribution in [0.25, 0.3) is 10.4 Å². The van der Waals surface area contributed by atoms with Crippen molar-refractivity contribution in [1.82, 2.24) is 4.98 Å². The quantitative estimate of drug-likeness (QED) is 0.886. The summed E-state index contributed by atoms with van der Waals surface area (Å²) in [6, 6.07) is 6.46. The van der Waals surface area contributed by atoms with Crippen molar-refractivity contribution in [3.63, 3.8) is 0 Å². The highest BCUT2D eigenvalue weighted by atomic mass is 32.1. The van der Waals surface area contributed by atoms with Crippen molar-refractivity contribution < 1.29 is 14.2 Å². The second-order valence-electron chi connectivity index (χ2n) is 6.71. The number of anilines is 2. The van der Waals surface area contributed by atoms with E-state index in [2.05, 4.69) is 28.1 Å². The van der Waals surface area contributed by atoms with Crippen molar-refractivity contribution in [3.05, 3.63) is 23.9 Å². The fourth-order valence-electron chi connectivity index (χ4n) is 3.46. The van der Waals surface area contributed by atoms with Crippen molar-refractivity contribution in [3.8, 4) is 16.2 Å². The number of nitrogens with zero attached hydrogens (tertiary/aromatic N) is 2. The van der Waals surface area contributed by atoms with Gasteiger partial charge in [0.1, 0.15) is 11.9 Å². The average Bonchev–Trinajstić information content (AvgIpc) is 3.01. The molecule has 26 heavy (non-hydrogen) atoms. The van der Waals surface area contributed by atoms with Crippen molar-refractivity contribution >= 4 is 22.2 Å². The third kappa shape index (κ3) is 3.95. The molecule has 0 unspecified atom stereocenters. The lowest BCUT2D eigenvalue weighted by molar-refractivity contribution is 0.0256. The number of benzene rings is 1. The minimum absolute atomic E-state index is 0.212. The Hall–Kier alpha value is -1.83. The predicted molar refractivity (Wildman–Crippen MR) is 104 cm³/mol. The highest BCUT2D eigenvalue weighted by Gasteiger charge is 2.19. The minimum atomic E-state index is 0.212. The van der Waals surface area contributed by atoms with Gasteiger partial charge >= 0.3 is 0 Å². The molecule has 0 atom stereocenters. The molecule has 1 aromatic carbocycles. The Morgan fingerprint density at radius 2 is 1.85 bits per heavy atom. The molecule has 3 heterocycles. The van der Waals surface area contributed by atoms with Gasteiger partial charge in [0.2, 0.25) is 0 Å². The van der Waals surface area contributed by atoms with Gasteiger partial charge in [-0.1, -0.05) is 11.3 Å². The highest BCUT2D eigenvalue weighted by molar-refractivity contribution is 7.18. The Bertz CT molecular complexity index is 752. The zero-order valence-corrected chi connectivity index (χ0v) is 15.9. The number of ether oxygens (including phenoxy) is 3. The van der Waals surface area contributed by atoms with Crippen LogP contribution >= 0.6 is 11.3 Å². The third-order valence-electron chi connectivity index (χ3n) is 4.81. The number of aryl methyl sites for hydroxylation is 1. The Balaban J connectivity index is 1.67. The predicted octanol–water partition coefficient (Wildman–Crippen LogP) is 3.10. The first-order valence-corrected chi connectivity index (χ1v) is 9.96. The van der Waals surface area contributed by atoms with Gasteiger partial charge in [0.25, 0.3) is 0 Å². The van der Waals surface area contributed by atoms with Gasteiger partial charge in [0.05, 0.1) is 37.0 Å². The largest absolute Gasteiger partial charge is 0.490 e. The van der Waals surface area contributed by atoms with Crippen LogP contribution in [0.15, 0.2) is 18.2 Å². The van der Waals surface area contributed by atoms with Crippen LogP contribution in [-0.4, -0.2) is 50.6 Å². The van der Waals surface area contributed by atoms with Crippen LogP contribution in [0.4, 0.5) is 10.8 Å². The number of rotatable bonds is 4. The molecule has 2 aromatic rings. The Kier molecular flexibility index (Phi) is 5.28. The van der Waals surface area contributed by atoms with E-state index >= 15 is 0 Å². The van der Waals surface area contributed by atoms with Crippen molar-refractivity contribution in [2.45, 2.75) is 25.9 Å². The van der Waals surface area contributed by atoms with Crippen molar-refractivity contribution in [1.29, 1.82) is 0 Å². The summed E-state index contributed by atoms with van der Waals surface area (Å²) in [4.78, 5) is 7.84. The van der Waals surface area contributed by atoms with Crippen LogP contribution in [0.5, 0.6) is 5.75 Å². The summed E-state index contributed by atoms with van der Waals surface area (Å²) < 4.78 is 17.3. The van der Waals surface area contributed by atoms with Gasteiger partial charge in [-0.15, -0.1) is 0 Å². The molecule has 7 heteroatoms. The van der Waals surface area contributed by atoms with E-state index in [1.807, 2.05) is 6.92 Å². The third-order valence-corrected chi connectivity index (χ3v) is 5.85. The molecule has 140 valence electrons. The zero-order chi connectivity index (χ0) is 17.9. The maximum absolute atomic E-state index is 6.31. The molecule has 1 aromatic heterocycles. The molecule has 0 radical (unpaired) electrons. The van der Waals surface area contributed by atoms with E-state index < -0.39 is 0 Å². The van der Waals surface area contributed by atoms with Gasteiger partial charge in [0.15, 0.2) is 5.13 Å². The molecule has 2 aliphatic rings. The lowest BCUT2D eigenvalue weighted by Crippen LogP contribution is -2.36. The molecule has 2 saturated heterocycles. The summed E-state index contributed by atoms with van der Waals surface area (Å²) >= 11 is 1.53. The molecule has 6 nitrogen and oxygen atoms in total. The van der Waals surface area contributed by atoms with E-state index in [1.165, 1.54) is 17.0 Å². The minimum Gasteiger partial charge on any atom is -0.490 e. The van der Waals surface area contributed by atoms with Crippen LogP contribution in [0.2, 0.25) is 0 Å². The number of thiazole rings is 1. The SMILES string of the molecule is Cc1nc(N)sc1-c1cc(OC2CCOCC2)cc(N2CCOCC2)c1. The summed E-state index contributed by atoms with van der Waals surface area (Å²) in [6.07, 6.45) is 2.08. The smallest absolute Gasteiger partial charge is 0.180 e. The lowest BCUT2D eigenvalue weighted by atomic mass is 10.1. The van der Waals surface area contributed by atoms with Crippen molar-refractivity contribution in [2.75, 3.05) is 50.2 Å². The van der Waals surface area contributed by atoms with Gasteiger partial charge in [-0.05, 0) is 24.6 Å². The number of aromatic nitrogens is 1. The monoisotopic (exact) mass is 375 g/mol. The van der Waals surface area contributed by atoms with E-state index in [-0.39, 0.29) is 6.10 Å².